The van der Waals surface area contributed by atoms with Crippen molar-refractivity contribution in [2.45, 2.75) is 19.8 Å². The van der Waals surface area contributed by atoms with Crippen LogP contribution in [0.4, 0.5) is 0 Å². The lowest BCUT2D eigenvalue weighted by molar-refractivity contribution is -0.146. The summed E-state index contributed by atoms with van der Waals surface area (Å²) in [6.07, 6.45) is 0.837. The van der Waals surface area contributed by atoms with Crippen LogP contribution in [0.2, 0.25) is 0 Å². The fourth-order valence-electron chi connectivity index (χ4n) is 2.22. The van der Waals surface area contributed by atoms with Gasteiger partial charge in [0.2, 0.25) is 0 Å². The molecule has 0 radical (unpaired) electrons. The standard InChI is InChI=1S/C12H22N2O6S/c1-4-13(9-11(15)19-2)21(17,18)14-7-5-10(6-8-14)12(16)20-3/h10H,4-9H2,1-3H3. The number of nitrogens with zero attached hydrogens (tertiary/aromatic N) is 2. The molecule has 8 nitrogen and oxygen atoms in total. The number of likely N-dealkylation sites (N-methyl/N-ethyl adjacent to an activating group) is 1. The van der Waals surface area contributed by atoms with E-state index in [9.17, 15) is 18.0 Å². The van der Waals surface area contributed by atoms with Gasteiger partial charge in [-0.2, -0.15) is 17.0 Å². The van der Waals surface area contributed by atoms with E-state index in [0.717, 1.165) is 4.31 Å². The molecule has 1 fully saturated rings. The summed E-state index contributed by atoms with van der Waals surface area (Å²) in [4.78, 5) is 22.7. The van der Waals surface area contributed by atoms with Crippen LogP contribution in [0.25, 0.3) is 0 Å². The largest absolute Gasteiger partial charge is 0.469 e. The molecule has 0 aromatic carbocycles. The van der Waals surface area contributed by atoms with Crippen molar-refractivity contribution in [2.24, 2.45) is 5.92 Å². The molecular formula is C12H22N2O6S. The van der Waals surface area contributed by atoms with Gasteiger partial charge in [0.25, 0.3) is 10.2 Å². The number of piperidine rings is 1. The van der Waals surface area contributed by atoms with Crippen molar-refractivity contribution < 1.29 is 27.5 Å². The first-order chi connectivity index (χ1) is 9.86. The Morgan fingerprint density at radius 3 is 2.19 bits per heavy atom. The first-order valence-corrected chi connectivity index (χ1v) is 8.16. The molecule has 21 heavy (non-hydrogen) atoms. The Kier molecular flexibility index (Phi) is 6.56. The van der Waals surface area contributed by atoms with Crippen LogP contribution in [0.5, 0.6) is 0 Å². The lowest BCUT2D eigenvalue weighted by atomic mass is 9.99. The lowest BCUT2D eigenvalue weighted by Crippen LogP contribution is -2.49. The molecule has 1 aliphatic rings. The van der Waals surface area contributed by atoms with E-state index in [-0.39, 0.29) is 38.1 Å². The van der Waals surface area contributed by atoms with Gasteiger partial charge in [-0.15, -0.1) is 0 Å². The fourth-order valence-corrected chi connectivity index (χ4v) is 3.81. The van der Waals surface area contributed by atoms with Crippen molar-refractivity contribution in [3.63, 3.8) is 0 Å². The normalized spacial score (nSPS) is 17.7. The van der Waals surface area contributed by atoms with Crippen LogP contribution >= 0.6 is 0 Å². The summed E-state index contributed by atoms with van der Waals surface area (Å²) in [5.74, 6) is -1.18. The van der Waals surface area contributed by atoms with Crippen LogP contribution in [0, 0.1) is 5.92 Å². The van der Waals surface area contributed by atoms with E-state index < -0.39 is 16.2 Å². The SMILES string of the molecule is CCN(CC(=O)OC)S(=O)(=O)N1CCC(C(=O)OC)CC1. The molecule has 1 saturated heterocycles. The highest BCUT2D eigenvalue weighted by molar-refractivity contribution is 7.86. The highest BCUT2D eigenvalue weighted by Crippen LogP contribution is 2.22. The number of methoxy groups -OCH3 is 2. The molecule has 0 aromatic heterocycles. The number of rotatable bonds is 6. The Morgan fingerprint density at radius 2 is 1.76 bits per heavy atom. The molecular weight excluding hydrogens is 300 g/mol. The Morgan fingerprint density at radius 1 is 1.19 bits per heavy atom. The fraction of sp³-hybridized carbons (Fsp3) is 0.833. The highest BCUT2D eigenvalue weighted by atomic mass is 32.2. The average Bonchev–Trinajstić information content (AvgIpc) is 2.51. The van der Waals surface area contributed by atoms with Crippen LogP contribution < -0.4 is 0 Å². The minimum Gasteiger partial charge on any atom is -0.469 e. The molecule has 122 valence electrons. The van der Waals surface area contributed by atoms with Crippen molar-refractivity contribution in [1.82, 2.24) is 8.61 Å². The molecule has 1 heterocycles. The smallest absolute Gasteiger partial charge is 0.321 e. The van der Waals surface area contributed by atoms with Crippen LogP contribution in [0.3, 0.4) is 0 Å². The summed E-state index contributed by atoms with van der Waals surface area (Å²) in [7, 11) is -1.19. The molecule has 0 aromatic rings. The summed E-state index contributed by atoms with van der Waals surface area (Å²) in [6.45, 7) is 1.99. The van der Waals surface area contributed by atoms with Crippen LogP contribution in [0.1, 0.15) is 19.8 Å². The number of esters is 2. The topological polar surface area (TPSA) is 93.2 Å². The Hall–Kier alpha value is -1.19. The van der Waals surface area contributed by atoms with E-state index in [4.69, 9.17) is 0 Å². The molecule has 0 bridgehead atoms. The van der Waals surface area contributed by atoms with Gasteiger partial charge >= 0.3 is 11.9 Å². The zero-order valence-electron chi connectivity index (χ0n) is 12.6. The summed E-state index contributed by atoms with van der Waals surface area (Å²) in [5, 5.41) is 0. The molecule has 0 spiro atoms. The second kappa shape index (κ2) is 7.71. The second-order valence-corrected chi connectivity index (χ2v) is 6.64. The minimum atomic E-state index is -3.72. The van der Waals surface area contributed by atoms with E-state index in [2.05, 4.69) is 9.47 Å². The van der Waals surface area contributed by atoms with Gasteiger partial charge in [-0.25, -0.2) is 0 Å². The Bertz CT molecular complexity index is 470. The first-order valence-electron chi connectivity index (χ1n) is 6.76. The number of carbonyl (C=O) groups excluding carboxylic acids is 2. The van der Waals surface area contributed by atoms with Gasteiger partial charge in [0, 0.05) is 19.6 Å². The monoisotopic (exact) mass is 322 g/mol. The van der Waals surface area contributed by atoms with Gasteiger partial charge in [0.15, 0.2) is 0 Å². The molecule has 0 saturated carbocycles. The van der Waals surface area contributed by atoms with Crippen LogP contribution in [-0.4, -0.2) is 69.4 Å². The molecule has 1 rings (SSSR count). The maximum atomic E-state index is 12.4. The van der Waals surface area contributed by atoms with Gasteiger partial charge in [-0.1, -0.05) is 6.92 Å². The van der Waals surface area contributed by atoms with Gasteiger partial charge in [0.1, 0.15) is 6.54 Å². The maximum Gasteiger partial charge on any atom is 0.321 e. The van der Waals surface area contributed by atoms with Crippen molar-refractivity contribution in [3.05, 3.63) is 0 Å². The number of ether oxygens (including phenoxy) is 2. The van der Waals surface area contributed by atoms with E-state index in [1.165, 1.54) is 18.5 Å². The van der Waals surface area contributed by atoms with E-state index in [0.29, 0.717) is 12.8 Å². The van der Waals surface area contributed by atoms with Crippen molar-refractivity contribution in [2.75, 3.05) is 40.4 Å². The van der Waals surface area contributed by atoms with E-state index >= 15 is 0 Å². The average molecular weight is 322 g/mol. The molecule has 0 amide bonds. The summed E-state index contributed by atoms with van der Waals surface area (Å²) >= 11 is 0. The van der Waals surface area contributed by atoms with E-state index in [1.54, 1.807) is 6.92 Å². The summed E-state index contributed by atoms with van der Waals surface area (Å²) in [5.41, 5.74) is 0. The predicted molar refractivity (Wildman–Crippen MR) is 74.5 cm³/mol. The van der Waals surface area contributed by atoms with Gasteiger partial charge in [0.05, 0.1) is 20.1 Å². The van der Waals surface area contributed by atoms with Crippen molar-refractivity contribution in [1.29, 1.82) is 0 Å². The predicted octanol–water partition coefficient (Wildman–Crippen LogP) is -0.389. The number of carbonyl (C=O) groups is 2. The molecule has 0 unspecified atom stereocenters. The van der Waals surface area contributed by atoms with Gasteiger partial charge in [-0.05, 0) is 12.8 Å². The molecule has 0 aliphatic carbocycles. The van der Waals surface area contributed by atoms with Crippen molar-refractivity contribution >= 4 is 22.1 Å². The minimum absolute atomic E-state index is 0.175. The van der Waals surface area contributed by atoms with Crippen LogP contribution in [-0.2, 0) is 29.3 Å². The third-order valence-corrected chi connectivity index (χ3v) is 5.58. The third-order valence-electron chi connectivity index (χ3n) is 3.53. The zero-order valence-corrected chi connectivity index (χ0v) is 13.4. The molecule has 9 heteroatoms. The quantitative estimate of drug-likeness (QED) is 0.618. The Balaban J connectivity index is 2.71. The summed E-state index contributed by atoms with van der Waals surface area (Å²) in [6, 6.07) is 0. The maximum absolute atomic E-state index is 12.4. The number of hydrogen-bond acceptors (Lipinski definition) is 6. The molecule has 0 N–H and O–H groups in total. The van der Waals surface area contributed by atoms with Crippen molar-refractivity contribution in [3.8, 4) is 0 Å². The number of hydrogen-bond donors (Lipinski definition) is 0. The summed E-state index contributed by atoms with van der Waals surface area (Å²) < 4.78 is 36.4. The highest BCUT2D eigenvalue weighted by Gasteiger charge is 2.35. The van der Waals surface area contributed by atoms with E-state index in [1.807, 2.05) is 0 Å². The first kappa shape index (κ1) is 17.9. The van der Waals surface area contributed by atoms with Gasteiger partial charge < -0.3 is 9.47 Å². The third kappa shape index (κ3) is 4.39. The second-order valence-electron chi connectivity index (χ2n) is 4.71. The lowest BCUT2D eigenvalue weighted by Gasteiger charge is -2.33. The van der Waals surface area contributed by atoms with Crippen LogP contribution in [0.15, 0.2) is 0 Å². The van der Waals surface area contributed by atoms with Gasteiger partial charge in [-0.3, -0.25) is 9.59 Å². The molecule has 0 atom stereocenters. The zero-order chi connectivity index (χ0) is 16.0. The Labute approximate surface area is 125 Å². The molecule has 1 aliphatic heterocycles.